The van der Waals surface area contributed by atoms with Gasteiger partial charge in [0, 0.05) is 36.1 Å². The summed E-state index contributed by atoms with van der Waals surface area (Å²) in [6.07, 6.45) is 7.57. The molecule has 0 amide bonds. The van der Waals surface area contributed by atoms with Crippen LogP contribution in [0.1, 0.15) is 16.7 Å². The van der Waals surface area contributed by atoms with E-state index in [9.17, 15) is 0 Å². The Hall–Kier alpha value is -3.44. The van der Waals surface area contributed by atoms with Crippen LogP contribution in [-0.4, -0.2) is 19.6 Å². The lowest BCUT2D eigenvalue weighted by Gasteiger charge is -2.39. The largest absolute Gasteiger partial charge is 0.454 e. The zero-order valence-corrected chi connectivity index (χ0v) is 16.9. The third-order valence-electron chi connectivity index (χ3n) is 6.77. The van der Waals surface area contributed by atoms with Crippen LogP contribution < -0.4 is 14.8 Å². The molecule has 2 atom stereocenters. The fraction of sp³-hybridized carbons (Fsp3) is 0.231. The predicted octanol–water partition coefficient (Wildman–Crippen LogP) is 4.23. The summed E-state index contributed by atoms with van der Waals surface area (Å²) in [7, 11) is 0. The lowest BCUT2D eigenvalue weighted by atomic mass is 9.71. The first kappa shape index (κ1) is 17.3. The van der Waals surface area contributed by atoms with E-state index in [1.54, 1.807) is 0 Å². The van der Waals surface area contributed by atoms with Gasteiger partial charge in [0.25, 0.3) is 0 Å². The monoisotopic (exact) mass is 411 g/mol. The summed E-state index contributed by atoms with van der Waals surface area (Å²) >= 11 is 0. The van der Waals surface area contributed by atoms with Gasteiger partial charge in [-0.3, -0.25) is 0 Å². The summed E-state index contributed by atoms with van der Waals surface area (Å²) in [6.45, 7) is 1.32. The standard InChI is InChI=1S/C26H21NO4/c1-2-4-15(5-3-1)10-20-17-6-7-18-16-8-9-22-26(31-13-28-22)21(16)12-27-24(18)19(17)11-23-25(20)30-14-29-23/h1-9,11,19,24,27H,10,12-14H2. The van der Waals surface area contributed by atoms with E-state index in [0.29, 0.717) is 6.79 Å². The van der Waals surface area contributed by atoms with Gasteiger partial charge in [0.15, 0.2) is 23.0 Å². The molecule has 7 rings (SSSR count). The van der Waals surface area contributed by atoms with Gasteiger partial charge in [0.1, 0.15) is 0 Å². The van der Waals surface area contributed by atoms with Gasteiger partial charge in [0.2, 0.25) is 13.6 Å². The van der Waals surface area contributed by atoms with Crippen molar-refractivity contribution in [2.24, 2.45) is 5.92 Å². The van der Waals surface area contributed by atoms with E-state index in [4.69, 9.17) is 18.9 Å². The van der Waals surface area contributed by atoms with Crippen LogP contribution in [-0.2, 0) is 22.4 Å². The van der Waals surface area contributed by atoms with Crippen molar-refractivity contribution in [1.29, 1.82) is 0 Å². The van der Waals surface area contributed by atoms with E-state index in [2.05, 4.69) is 59.9 Å². The molecule has 5 aliphatic rings. The maximum Gasteiger partial charge on any atom is 0.231 e. The lowest BCUT2D eigenvalue weighted by molar-refractivity contribution is 0.0971. The maximum atomic E-state index is 5.91. The molecule has 2 aliphatic carbocycles. The molecule has 0 bridgehead atoms. The van der Waals surface area contributed by atoms with Crippen molar-refractivity contribution in [2.45, 2.75) is 19.0 Å². The summed E-state index contributed by atoms with van der Waals surface area (Å²) in [5.74, 6) is 3.66. The molecule has 0 spiro atoms. The number of benzene rings is 2. The number of hydrogen-bond acceptors (Lipinski definition) is 5. The van der Waals surface area contributed by atoms with E-state index in [0.717, 1.165) is 36.0 Å². The summed E-state index contributed by atoms with van der Waals surface area (Å²) in [5, 5.41) is 3.76. The van der Waals surface area contributed by atoms with E-state index in [-0.39, 0.29) is 18.8 Å². The smallest absolute Gasteiger partial charge is 0.231 e. The Balaban J connectivity index is 1.34. The van der Waals surface area contributed by atoms with Gasteiger partial charge in [0.05, 0.1) is 0 Å². The first-order valence-electron chi connectivity index (χ1n) is 10.7. The topological polar surface area (TPSA) is 49.0 Å². The molecule has 2 aromatic carbocycles. The molecule has 5 nitrogen and oxygen atoms in total. The second-order valence-electron chi connectivity index (χ2n) is 8.36. The van der Waals surface area contributed by atoms with Crippen molar-refractivity contribution < 1.29 is 18.9 Å². The minimum atomic E-state index is 0.178. The van der Waals surface area contributed by atoms with Crippen molar-refractivity contribution in [1.82, 2.24) is 5.32 Å². The molecule has 3 aliphatic heterocycles. The Morgan fingerprint density at radius 1 is 0.871 bits per heavy atom. The molecule has 0 radical (unpaired) electrons. The molecule has 1 fully saturated rings. The SMILES string of the molecule is C1=C2OCOC2=C(Cc2ccccc2)C2=CC=C3c4ccc5c(c4CNC3C12)OCO5. The van der Waals surface area contributed by atoms with Gasteiger partial charge in [-0.1, -0.05) is 48.6 Å². The molecular formula is C26H21NO4. The number of hydrogen-bond donors (Lipinski definition) is 1. The minimum Gasteiger partial charge on any atom is -0.454 e. The molecule has 5 heteroatoms. The average molecular weight is 411 g/mol. The molecular weight excluding hydrogens is 390 g/mol. The summed E-state index contributed by atoms with van der Waals surface area (Å²) < 4.78 is 23.1. The Kier molecular flexibility index (Phi) is 3.63. The molecule has 3 heterocycles. The van der Waals surface area contributed by atoms with Gasteiger partial charge < -0.3 is 24.3 Å². The van der Waals surface area contributed by atoms with Crippen LogP contribution in [0.25, 0.3) is 5.57 Å². The van der Waals surface area contributed by atoms with Gasteiger partial charge in [-0.15, -0.1) is 0 Å². The highest BCUT2D eigenvalue weighted by Crippen LogP contribution is 2.49. The van der Waals surface area contributed by atoms with Crippen molar-refractivity contribution in [2.75, 3.05) is 13.6 Å². The fourth-order valence-electron chi connectivity index (χ4n) is 5.36. The molecule has 154 valence electrons. The summed E-state index contributed by atoms with van der Waals surface area (Å²) in [5.41, 5.74) is 7.50. The maximum absolute atomic E-state index is 5.91. The first-order valence-corrected chi connectivity index (χ1v) is 10.7. The third-order valence-corrected chi connectivity index (χ3v) is 6.77. The second kappa shape index (κ2) is 6.53. The summed E-state index contributed by atoms with van der Waals surface area (Å²) in [4.78, 5) is 0. The van der Waals surface area contributed by atoms with Gasteiger partial charge in [-0.05, 0) is 34.4 Å². The Morgan fingerprint density at radius 3 is 2.68 bits per heavy atom. The number of rotatable bonds is 2. The highest BCUT2D eigenvalue weighted by atomic mass is 16.7. The Bertz CT molecular complexity index is 1220. The predicted molar refractivity (Wildman–Crippen MR) is 115 cm³/mol. The molecule has 1 N–H and O–H groups in total. The highest BCUT2D eigenvalue weighted by molar-refractivity contribution is 5.81. The Morgan fingerprint density at radius 2 is 1.74 bits per heavy atom. The minimum absolute atomic E-state index is 0.178. The first-order chi connectivity index (χ1) is 15.4. The van der Waals surface area contributed by atoms with Gasteiger partial charge in [-0.25, -0.2) is 0 Å². The second-order valence-corrected chi connectivity index (χ2v) is 8.36. The Labute approximate surface area is 180 Å². The zero-order valence-electron chi connectivity index (χ0n) is 16.9. The van der Waals surface area contributed by atoms with Crippen LogP contribution in [0.15, 0.2) is 83.4 Å². The van der Waals surface area contributed by atoms with Crippen LogP contribution in [0.5, 0.6) is 11.5 Å². The van der Waals surface area contributed by atoms with Crippen LogP contribution in [0.2, 0.25) is 0 Å². The van der Waals surface area contributed by atoms with E-state index >= 15 is 0 Å². The zero-order chi connectivity index (χ0) is 20.4. The molecule has 31 heavy (non-hydrogen) atoms. The highest BCUT2D eigenvalue weighted by Gasteiger charge is 2.41. The van der Waals surface area contributed by atoms with Crippen LogP contribution in [0.4, 0.5) is 0 Å². The van der Waals surface area contributed by atoms with Gasteiger partial charge >= 0.3 is 0 Å². The summed E-state index contributed by atoms with van der Waals surface area (Å²) in [6, 6.07) is 14.9. The van der Waals surface area contributed by atoms with Crippen molar-refractivity contribution in [3.8, 4) is 11.5 Å². The van der Waals surface area contributed by atoms with E-state index < -0.39 is 0 Å². The van der Waals surface area contributed by atoms with Crippen molar-refractivity contribution in [3.63, 3.8) is 0 Å². The van der Waals surface area contributed by atoms with Crippen molar-refractivity contribution in [3.05, 3.63) is 100 Å². The molecule has 2 aromatic rings. The third kappa shape index (κ3) is 2.53. The number of ether oxygens (including phenoxy) is 4. The van der Waals surface area contributed by atoms with E-state index in [1.165, 1.54) is 33.4 Å². The normalized spacial score (nSPS) is 24.6. The van der Waals surface area contributed by atoms with Crippen LogP contribution >= 0.6 is 0 Å². The van der Waals surface area contributed by atoms with Crippen LogP contribution in [0, 0.1) is 5.92 Å². The molecule has 2 unspecified atom stereocenters. The number of nitrogens with one attached hydrogen (secondary N) is 1. The number of allylic oxidation sites excluding steroid dienone is 3. The average Bonchev–Trinajstić information content (AvgIpc) is 3.48. The fourth-order valence-corrected chi connectivity index (χ4v) is 5.36. The molecule has 0 aromatic heterocycles. The van der Waals surface area contributed by atoms with Crippen molar-refractivity contribution >= 4 is 5.57 Å². The lowest BCUT2D eigenvalue weighted by Crippen LogP contribution is -2.43. The molecule has 0 saturated carbocycles. The quantitative estimate of drug-likeness (QED) is 0.802. The van der Waals surface area contributed by atoms with E-state index in [1.807, 2.05) is 6.07 Å². The number of fused-ring (bicyclic) bond motifs is 8. The molecule has 1 saturated heterocycles. The van der Waals surface area contributed by atoms with Gasteiger partial charge in [-0.2, -0.15) is 0 Å². The van der Waals surface area contributed by atoms with Crippen LogP contribution in [0.3, 0.4) is 0 Å².